The summed E-state index contributed by atoms with van der Waals surface area (Å²) in [6.07, 6.45) is 5.12. The largest absolute Gasteiger partial charge is 0.369 e. The number of guanidine groups is 2. The summed E-state index contributed by atoms with van der Waals surface area (Å²) in [4.78, 5) is 16.1. The van der Waals surface area contributed by atoms with Gasteiger partial charge in [0.15, 0.2) is 5.82 Å². The first kappa shape index (κ1) is 18.6. The molecule has 8 heteroatoms. The zero-order valence-electron chi connectivity index (χ0n) is 17.3. The minimum atomic E-state index is -0.502. The molecule has 0 bridgehead atoms. The van der Waals surface area contributed by atoms with E-state index < -0.39 is 5.66 Å². The highest BCUT2D eigenvalue weighted by Gasteiger charge is 2.43. The summed E-state index contributed by atoms with van der Waals surface area (Å²) in [6, 6.07) is 12.2. The maximum atomic E-state index is 6.44. The lowest BCUT2D eigenvalue weighted by molar-refractivity contribution is 0.306. The van der Waals surface area contributed by atoms with Crippen LogP contribution in [0, 0.1) is 13.8 Å². The molecule has 4 N–H and O–H groups in total. The third-order valence-electron chi connectivity index (χ3n) is 6.00. The summed E-state index contributed by atoms with van der Waals surface area (Å²) < 4.78 is 1.87. The Labute approximate surface area is 175 Å². The molecule has 0 radical (unpaired) electrons. The number of rotatable bonds is 2. The molecule has 1 fully saturated rings. The van der Waals surface area contributed by atoms with Crippen LogP contribution in [0.15, 0.2) is 46.4 Å². The quantitative estimate of drug-likeness (QED) is 0.684. The molecule has 2 aliphatic rings. The SMILES string of the molecule is Cc1cc(C)n(-c2ccc3cccc(N4C(N)=NC(N)=NC45CCCCC5)c3n2)n1. The molecule has 1 aromatic carbocycles. The van der Waals surface area contributed by atoms with E-state index in [4.69, 9.17) is 21.4 Å². The molecule has 1 aliphatic carbocycles. The number of hydrogen-bond acceptors (Lipinski definition) is 7. The first-order valence-corrected chi connectivity index (χ1v) is 10.4. The lowest BCUT2D eigenvalue weighted by atomic mass is 9.87. The van der Waals surface area contributed by atoms with Crippen LogP contribution in [0.25, 0.3) is 16.7 Å². The highest BCUT2D eigenvalue weighted by atomic mass is 15.4. The number of nitrogens with zero attached hydrogens (tertiary/aromatic N) is 6. The first-order valence-electron chi connectivity index (χ1n) is 10.4. The van der Waals surface area contributed by atoms with Crippen molar-refractivity contribution >= 4 is 28.5 Å². The number of hydrogen-bond donors (Lipinski definition) is 2. The summed E-state index contributed by atoms with van der Waals surface area (Å²) >= 11 is 0. The number of para-hydroxylation sites is 1. The van der Waals surface area contributed by atoms with Crippen LogP contribution in [0.5, 0.6) is 0 Å². The van der Waals surface area contributed by atoms with E-state index in [1.54, 1.807) is 0 Å². The van der Waals surface area contributed by atoms with Crippen molar-refractivity contribution in [3.8, 4) is 5.82 Å². The van der Waals surface area contributed by atoms with Crippen molar-refractivity contribution in [1.29, 1.82) is 0 Å². The van der Waals surface area contributed by atoms with E-state index in [0.717, 1.165) is 59.5 Å². The van der Waals surface area contributed by atoms with Crippen molar-refractivity contribution in [1.82, 2.24) is 14.8 Å². The molecule has 0 saturated heterocycles. The maximum Gasteiger partial charge on any atom is 0.220 e. The molecule has 8 nitrogen and oxygen atoms in total. The Balaban J connectivity index is 1.70. The van der Waals surface area contributed by atoms with E-state index in [1.165, 1.54) is 6.42 Å². The van der Waals surface area contributed by atoms with Crippen molar-refractivity contribution in [3.05, 3.63) is 47.8 Å². The highest BCUT2D eigenvalue weighted by molar-refractivity contribution is 6.09. The summed E-state index contributed by atoms with van der Waals surface area (Å²) in [5.41, 5.74) is 15.7. The molecule has 1 aliphatic heterocycles. The van der Waals surface area contributed by atoms with Gasteiger partial charge in [0.1, 0.15) is 5.66 Å². The summed E-state index contributed by atoms with van der Waals surface area (Å²) in [7, 11) is 0. The molecule has 1 spiro atoms. The van der Waals surface area contributed by atoms with E-state index >= 15 is 0 Å². The Bertz CT molecular complexity index is 1180. The number of benzene rings is 1. The number of anilines is 1. The summed E-state index contributed by atoms with van der Waals surface area (Å²) in [5, 5.41) is 5.62. The second-order valence-electron chi connectivity index (χ2n) is 8.18. The second kappa shape index (κ2) is 6.83. The van der Waals surface area contributed by atoms with Gasteiger partial charge in [-0.15, -0.1) is 0 Å². The van der Waals surface area contributed by atoms with Gasteiger partial charge in [0.25, 0.3) is 0 Å². The topological polar surface area (TPSA) is 111 Å². The molecular formula is C22H26N8. The lowest BCUT2D eigenvalue weighted by Crippen LogP contribution is -2.58. The average Bonchev–Trinajstić information content (AvgIpc) is 3.06. The van der Waals surface area contributed by atoms with Crippen molar-refractivity contribution in [2.45, 2.75) is 51.6 Å². The fourth-order valence-corrected chi connectivity index (χ4v) is 4.75. The van der Waals surface area contributed by atoms with Crippen LogP contribution in [0.4, 0.5) is 5.69 Å². The zero-order chi connectivity index (χ0) is 20.9. The molecule has 5 rings (SSSR count). The summed E-state index contributed by atoms with van der Waals surface area (Å²) in [5.74, 6) is 1.39. The van der Waals surface area contributed by atoms with Crippen molar-refractivity contribution in [2.24, 2.45) is 21.5 Å². The van der Waals surface area contributed by atoms with Gasteiger partial charge in [-0.25, -0.2) is 14.7 Å². The Morgan fingerprint density at radius 3 is 2.53 bits per heavy atom. The number of aliphatic imine (C=N–C) groups is 2. The minimum Gasteiger partial charge on any atom is -0.369 e. The Morgan fingerprint density at radius 1 is 1.00 bits per heavy atom. The first-order chi connectivity index (χ1) is 14.5. The molecule has 3 heterocycles. The van der Waals surface area contributed by atoms with Crippen LogP contribution < -0.4 is 16.4 Å². The monoisotopic (exact) mass is 402 g/mol. The number of aryl methyl sites for hydroxylation is 2. The van der Waals surface area contributed by atoms with Gasteiger partial charge in [0.05, 0.1) is 16.9 Å². The van der Waals surface area contributed by atoms with Crippen LogP contribution >= 0.6 is 0 Å². The predicted octanol–water partition coefficient (Wildman–Crippen LogP) is 3.15. The number of nitrogens with two attached hydrogens (primary N) is 2. The molecule has 3 aromatic rings. The van der Waals surface area contributed by atoms with Crippen LogP contribution in [-0.2, 0) is 0 Å². The van der Waals surface area contributed by atoms with Gasteiger partial charge in [0.2, 0.25) is 11.9 Å². The third-order valence-corrected chi connectivity index (χ3v) is 6.00. The zero-order valence-corrected chi connectivity index (χ0v) is 17.3. The van der Waals surface area contributed by atoms with Gasteiger partial charge in [-0.2, -0.15) is 10.1 Å². The van der Waals surface area contributed by atoms with Crippen molar-refractivity contribution < 1.29 is 0 Å². The number of aromatic nitrogens is 3. The fourth-order valence-electron chi connectivity index (χ4n) is 4.75. The van der Waals surface area contributed by atoms with Crippen molar-refractivity contribution in [2.75, 3.05) is 4.90 Å². The highest BCUT2D eigenvalue weighted by Crippen LogP contribution is 2.41. The average molecular weight is 403 g/mol. The summed E-state index contributed by atoms with van der Waals surface area (Å²) in [6.45, 7) is 4.01. The fraction of sp³-hybridized carbons (Fsp3) is 0.364. The van der Waals surface area contributed by atoms with E-state index in [2.05, 4.69) is 22.2 Å². The number of pyridine rings is 1. The molecule has 154 valence electrons. The molecule has 0 unspecified atom stereocenters. The Hall–Kier alpha value is -3.42. The van der Waals surface area contributed by atoms with Gasteiger partial charge < -0.3 is 11.5 Å². The maximum absolute atomic E-state index is 6.44. The van der Waals surface area contributed by atoms with E-state index in [0.29, 0.717) is 5.96 Å². The predicted molar refractivity (Wildman–Crippen MR) is 120 cm³/mol. The number of fused-ring (bicyclic) bond motifs is 1. The molecule has 2 aromatic heterocycles. The smallest absolute Gasteiger partial charge is 0.220 e. The van der Waals surface area contributed by atoms with Crippen LogP contribution in [-0.4, -0.2) is 32.3 Å². The van der Waals surface area contributed by atoms with Crippen molar-refractivity contribution in [3.63, 3.8) is 0 Å². The van der Waals surface area contributed by atoms with Gasteiger partial charge in [-0.05, 0) is 63.8 Å². The standard InChI is InChI=1S/C22H26N8/c1-14-13-15(2)30(28-14)18-10-9-16-7-6-8-17(19(16)25-18)29-21(24)26-20(23)27-22(29)11-4-3-5-12-22/h6-10,13H,3-5,11-12H2,1-2H3,(H4,23,24,26,27). The van der Waals surface area contributed by atoms with Crippen LogP contribution in [0.2, 0.25) is 0 Å². The van der Waals surface area contributed by atoms with Gasteiger partial charge in [0, 0.05) is 11.1 Å². The van der Waals surface area contributed by atoms with Gasteiger partial charge in [-0.1, -0.05) is 18.6 Å². The molecule has 0 amide bonds. The third kappa shape index (κ3) is 2.91. The van der Waals surface area contributed by atoms with Crippen LogP contribution in [0.3, 0.4) is 0 Å². The molecular weight excluding hydrogens is 376 g/mol. The molecule has 0 atom stereocenters. The Morgan fingerprint density at radius 2 is 1.80 bits per heavy atom. The van der Waals surface area contributed by atoms with E-state index in [9.17, 15) is 0 Å². The van der Waals surface area contributed by atoms with Crippen LogP contribution in [0.1, 0.15) is 43.5 Å². The molecule has 30 heavy (non-hydrogen) atoms. The normalized spacial score (nSPS) is 18.5. The van der Waals surface area contributed by atoms with E-state index in [1.807, 2.05) is 47.7 Å². The second-order valence-corrected chi connectivity index (χ2v) is 8.18. The Kier molecular flexibility index (Phi) is 4.23. The van der Waals surface area contributed by atoms with E-state index in [-0.39, 0.29) is 5.96 Å². The molecule has 1 saturated carbocycles. The van der Waals surface area contributed by atoms with Gasteiger partial charge >= 0.3 is 0 Å². The minimum absolute atomic E-state index is 0.252. The van der Waals surface area contributed by atoms with Gasteiger partial charge in [-0.3, -0.25) is 4.90 Å². The lowest BCUT2D eigenvalue weighted by Gasteiger charge is -2.45.